The van der Waals surface area contributed by atoms with Gasteiger partial charge in [-0.1, -0.05) is 84.0 Å². The fraction of sp³-hybridized carbons (Fsp3) is 0.950. The largest absolute Gasteiger partial charge is 1.00 e. The minimum Gasteiger partial charge on any atom is -0.726 e. The topological polar surface area (TPSA) is 92.7 Å². The first-order valence-corrected chi connectivity index (χ1v) is 12.0. The summed E-state index contributed by atoms with van der Waals surface area (Å²) in [6.45, 7) is 4.08. The molecule has 0 saturated carbocycles. The van der Waals surface area contributed by atoms with E-state index in [4.69, 9.17) is 8.92 Å². The molecule has 0 aliphatic carbocycles. The summed E-state index contributed by atoms with van der Waals surface area (Å²) in [5.41, 5.74) is 0. The Hall–Kier alpha value is 0.340. The summed E-state index contributed by atoms with van der Waals surface area (Å²) in [5.74, 6) is -0.240. The second-order valence-corrected chi connectivity index (χ2v) is 8.30. The summed E-state index contributed by atoms with van der Waals surface area (Å²) in [7, 11) is -4.63. The molecule has 0 spiro atoms. The summed E-state index contributed by atoms with van der Waals surface area (Å²) < 4.78 is 42.4. The minimum absolute atomic E-state index is 0. The van der Waals surface area contributed by atoms with E-state index in [0.29, 0.717) is 19.4 Å². The van der Waals surface area contributed by atoms with Gasteiger partial charge in [0.15, 0.2) is 0 Å². The summed E-state index contributed by atoms with van der Waals surface area (Å²) in [4.78, 5) is 10.6. The number of unbranched alkanes of at least 4 members (excludes halogenated alkanes) is 11. The quantitative estimate of drug-likeness (QED) is 0.103. The summed E-state index contributed by atoms with van der Waals surface area (Å²) >= 11 is 0. The smallest absolute Gasteiger partial charge is 0.726 e. The zero-order valence-corrected chi connectivity index (χ0v) is 21.1. The van der Waals surface area contributed by atoms with Gasteiger partial charge in [0.05, 0.1) is 12.7 Å². The molecule has 0 aromatic heterocycles. The van der Waals surface area contributed by atoms with Crippen LogP contribution < -0.4 is 29.6 Å². The molecule has 1 atom stereocenters. The van der Waals surface area contributed by atoms with Crippen molar-refractivity contribution in [1.29, 1.82) is 0 Å². The van der Waals surface area contributed by atoms with Crippen molar-refractivity contribution in [1.82, 2.24) is 0 Å². The van der Waals surface area contributed by atoms with Crippen LogP contribution in [0.1, 0.15) is 110 Å². The number of hydrogen-bond donors (Lipinski definition) is 0. The molecule has 28 heavy (non-hydrogen) atoms. The van der Waals surface area contributed by atoms with E-state index in [0.717, 1.165) is 57.8 Å². The van der Waals surface area contributed by atoms with E-state index in [1.54, 1.807) is 0 Å². The number of esters is 1. The van der Waals surface area contributed by atoms with Crippen LogP contribution in [0.25, 0.3) is 0 Å². The number of carbonyl (C=O) groups is 1. The van der Waals surface area contributed by atoms with Gasteiger partial charge in [0.2, 0.25) is 10.4 Å². The van der Waals surface area contributed by atoms with Gasteiger partial charge in [0.25, 0.3) is 0 Å². The van der Waals surface area contributed by atoms with E-state index in [2.05, 4.69) is 6.92 Å². The van der Waals surface area contributed by atoms with E-state index in [1.165, 1.54) is 32.6 Å². The normalized spacial score (nSPS) is 12.4. The predicted molar refractivity (Wildman–Crippen MR) is 106 cm³/mol. The molecule has 0 rings (SSSR count). The molecule has 0 N–H and O–H groups in total. The summed E-state index contributed by atoms with van der Waals surface area (Å²) in [6.07, 6.45) is 14.7. The third-order valence-electron chi connectivity index (χ3n) is 4.61. The van der Waals surface area contributed by atoms with E-state index < -0.39 is 16.5 Å². The molecule has 0 fully saturated rings. The Kier molecular flexibility index (Phi) is 22.5. The van der Waals surface area contributed by atoms with Crippen molar-refractivity contribution in [2.75, 3.05) is 6.61 Å². The van der Waals surface area contributed by atoms with E-state index in [9.17, 15) is 17.8 Å². The monoisotopic (exact) mass is 430 g/mol. The Bertz CT molecular complexity index is 456. The molecule has 0 aliphatic rings. The Labute approximate surface area is 194 Å². The van der Waals surface area contributed by atoms with Gasteiger partial charge in [-0.25, -0.2) is 8.42 Å². The zero-order chi connectivity index (χ0) is 20.4. The number of hydrogen-bond acceptors (Lipinski definition) is 6. The average Bonchev–Trinajstić information content (AvgIpc) is 2.57. The fourth-order valence-electron chi connectivity index (χ4n) is 3.13. The van der Waals surface area contributed by atoms with Crippen molar-refractivity contribution >= 4 is 16.4 Å². The minimum atomic E-state index is -4.63. The molecule has 0 bridgehead atoms. The summed E-state index contributed by atoms with van der Waals surface area (Å²) in [5, 5.41) is 0. The van der Waals surface area contributed by atoms with Gasteiger partial charge in [-0.3, -0.25) is 8.98 Å². The van der Waals surface area contributed by atoms with Crippen molar-refractivity contribution in [3.8, 4) is 0 Å². The molecular weight excluding hydrogens is 391 g/mol. The van der Waals surface area contributed by atoms with E-state index in [-0.39, 0.29) is 35.5 Å². The second kappa shape index (κ2) is 20.6. The first kappa shape index (κ1) is 30.5. The van der Waals surface area contributed by atoms with Crippen LogP contribution in [-0.4, -0.2) is 31.7 Å². The Morgan fingerprint density at radius 2 is 1.25 bits per heavy atom. The first-order chi connectivity index (χ1) is 12.8. The predicted octanol–water partition coefficient (Wildman–Crippen LogP) is 2.27. The third kappa shape index (κ3) is 24.4. The number of carbonyl (C=O) groups excluding carboxylic acids is 1. The van der Waals surface area contributed by atoms with Crippen LogP contribution in [0.3, 0.4) is 0 Å². The van der Waals surface area contributed by atoms with Crippen LogP contribution >= 0.6 is 0 Å². The second-order valence-electron chi connectivity index (χ2n) is 7.29. The van der Waals surface area contributed by atoms with Gasteiger partial charge in [-0.15, -0.1) is 0 Å². The van der Waals surface area contributed by atoms with Crippen LogP contribution in [-0.2, 0) is 24.1 Å². The van der Waals surface area contributed by atoms with E-state index >= 15 is 0 Å². The molecule has 0 saturated heterocycles. The molecule has 0 aromatic rings. The Morgan fingerprint density at radius 3 is 1.68 bits per heavy atom. The maximum Gasteiger partial charge on any atom is 1.00 e. The third-order valence-corrected chi connectivity index (χ3v) is 5.12. The molecule has 0 radical (unpaired) electrons. The first-order valence-electron chi connectivity index (χ1n) is 10.6. The number of ether oxygens (including phenoxy) is 1. The number of rotatable bonds is 19. The maximum absolute atomic E-state index is 10.9. The molecule has 1 unspecified atom stereocenters. The molecule has 8 heteroatoms. The fourth-order valence-corrected chi connectivity index (χ4v) is 3.66. The summed E-state index contributed by atoms with van der Waals surface area (Å²) in [6, 6.07) is 0. The van der Waals surface area contributed by atoms with Gasteiger partial charge >= 0.3 is 35.5 Å². The van der Waals surface area contributed by atoms with Crippen molar-refractivity contribution in [2.24, 2.45) is 0 Å². The molecular formula is C20H39NaO6S. The van der Waals surface area contributed by atoms with Crippen molar-refractivity contribution in [2.45, 2.75) is 116 Å². The molecule has 162 valence electrons. The molecule has 0 aromatic carbocycles. The van der Waals surface area contributed by atoms with Crippen LogP contribution in [0.15, 0.2) is 0 Å². The van der Waals surface area contributed by atoms with Crippen molar-refractivity contribution in [3.05, 3.63) is 0 Å². The van der Waals surface area contributed by atoms with Gasteiger partial charge in [0.1, 0.15) is 0 Å². The Morgan fingerprint density at radius 1 is 0.821 bits per heavy atom. The average molecular weight is 431 g/mol. The molecule has 0 aliphatic heterocycles. The maximum atomic E-state index is 10.9. The molecule has 0 amide bonds. The van der Waals surface area contributed by atoms with Gasteiger partial charge in [-0.2, -0.15) is 0 Å². The van der Waals surface area contributed by atoms with Crippen LogP contribution in [0, 0.1) is 0 Å². The SMILES string of the molecule is CCCCCCCCCC(CCCCCCCCOC(C)=O)OS(=O)(=O)[O-].[Na+]. The van der Waals surface area contributed by atoms with Gasteiger partial charge in [0, 0.05) is 6.92 Å². The van der Waals surface area contributed by atoms with Crippen molar-refractivity contribution < 1.29 is 56.2 Å². The van der Waals surface area contributed by atoms with Crippen molar-refractivity contribution in [3.63, 3.8) is 0 Å². The molecule has 0 heterocycles. The standard InChI is InChI=1S/C20H40O6S.Na/c1-3-4-5-6-7-10-13-16-20(26-27(22,23)24)17-14-11-8-9-12-15-18-25-19(2)21;/h20H,3-18H2,1-2H3,(H,22,23,24);/q;+1/p-1. The zero-order valence-electron chi connectivity index (χ0n) is 18.2. The van der Waals surface area contributed by atoms with Gasteiger partial charge < -0.3 is 9.29 Å². The van der Waals surface area contributed by atoms with E-state index in [1.807, 2.05) is 0 Å². The molecule has 6 nitrogen and oxygen atoms in total. The van der Waals surface area contributed by atoms with Crippen LogP contribution in [0.4, 0.5) is 0 Å². The Balaban J connectivity index is 0. The van der Waals surface area contributed by atoms with Crippen LogP contribution in [0.5, 0.6) is 0 Å². The van der Waals surface area contributed by atoms with Crippen LogP contribution in [0.2, 0.25) is 0 Å². The van der Waals surface area contributed by atoms with Gasteiger partial charge in [-0.05, 0) is 19.3 Å².